The van der Waals surface area contributed by atoms with Crippen LogP contribution in [0.2, 0.25) is 0 Å². The summed E-state index contributed by atoms with van der Waals surface area (Å²) in [6.45, 7) is 6.75. The molecule has 0 spiro atoms. The monoisotopic (exact) mass is 166 g/mol. The molecule has 2 bridgehead atoms. The first kappa shape index (κ1) is 8.24. The Morgan fingerprint density at radius 1 is 1.42 bits per heavy atom. The van der Waals surface area contributed by atoms with Gasteiger partial charge in [0.1, 0.15) is 0 Å². The number of nitrogens with one attached hydrogen (secondary N) is 1. The molecular formula is C10H18N2. The van der Waals surface area contributed by atoms with Crippen LogP contribution >= 0.6 is 0 Å². The van der Waals surface area contributed by atoms with Crippen molar-refractivity contribution in [3.63, 3.8) is 0 Å². The molecule has 2 saturated carbocycles. The second-order valence-electron chi connectivity index (χ2n) is 5.14. The molecule has 68 valence electrons. The summed E-state index contributed by atoms with van der Waals surface area (Å²) < 4.78 is 0. The summed E-state index contributed by atoms with van der Waals surface area (Å²) in [6, 6.07) is 0.0405. The largest absolute Gasteiger partial charge is 0.323 e. The molecule has 0 aromatic heterocycles. The van der Waals surface area contributed by atoms with Crippen LogP contribution in [0.25, 0.3) is 0 Å². The molecule has 2 fully saturated rings. The fourth-order valence-corrected chi connectivity index (χ4v) is 3.22. The molecule has 2 heteroatoms. The Balaban J connectivity index is 2.50. The van der Waals surface area contributed by atoms with Gasteiger partial charge >= 0.3 is 0 Å². The topological polar surface area (TPSA) is 49.9 Å². The van der Waals surface area contributed by atoms with Crippen molar-refractivity contribution in [1.29, 1.82) is 5.41 Å². The Bertz CT molecular complexity index is 244. The van der Waals surface area contributed by atoms with Crippen molar-refractivity contribution >= 4 is 5.71 Å². The molecule has 0 aromatic rings. The lowest BCUT2D eigenvalue weighted by atomic mass is 9.70. The normalized spacial score (nSPS) is 50.2. The Hall–Kier alpha value is -0.370. The third-order valence-electron chi connectivity index (χ3n) is 4.67. The first-order valence-electron chi connectivity index (χ1n) is 4.76. The van der Waals surface area contributed by atoms with Crippen LogP contribution in [0.15, 0.2) is 0 Å². The maximum atomic E-state index is 7.97. The summed E-state index contributed by atoms with van der Waals surface area (Å²) in [7, 11) is 0. The number of fused-ring (bicyclic) bond motifs is 2. The molecule has 3 N–H and O–H groups in total. The zero-order valence-corrected chi connectivity index (χ0v) is 8.15. The van der Waals surface area contributed by atoms with Crippen LogP contribution in [-0.2, 0) is 0 Å². The molecule has 0 saturated heterocycles. The smallest absolute Gasteiger partial charge is 0.0463 e. The third-order valence-corrected chi connectivity index (χ3v) is 4.67. The predicted octanol–water partition coefficient (Wildman–Crippen LogP) is 1.79. The fourth-order valence-electron chi connectivity index (χ4n) is 3.22. The Labute approximate surface area is 74.0 Å². The van der Waals surface area contributed by atoms with Crippen molar-refractivity contribution in [3.05, 3.63) is 0 Å². The standard InChI is InChI=1S/C10H18N2/c1-9(2)6-4-5-10(9,3)8(12)7(6)11/h6-7,12H,4-5,11H2,1-3H3. The van der Waals surface area contributed by atoms with Gasteiger partial charge in [-0.25, -0.2) is 0 Å². The fraction of sp³-hybridized carbons (Fsp3) is 0.900. The van der Waals surface area contributed by atoms with Crippen molar-refractivity contribution in [2.24, 2.45) is 22.5 Å². The minimum Gasteiger partial charge on any atom is -0.323 e. The Morgan fingerprint density at radius 3 is 2.25 bits per heavy atom. The van der Waals surface area contributed by atoms with E-state index in [1.807, 2.05) is 0 Å². The van der Waals surface area contributed by atoms with Gasteiger partial charge in [-0.2, -0.15) is 0 Å². The Morgan fingerprint density at radius 2 is 2.00 bits per heavy atom. The highest BCUT2D eigenvalue weighted by molar-refractivity contribution is 5.96. The summed E-state index contributed by atoms with van der Waals surface area (Å²) in [6.07, 6.45) is 2.38. The van der Waals surface area contributed by atoms with Gasteiger partial charge in [0.15, 0.2) is 0 Å². The van der Waals surface area contributed by atoms with E-state index in [2.05, 4.69) is 20.8 Å². The van der Waals surface area contributed by atoms with Gasteiger partial charge in [0.25, 0.3) is 0 Å². The van der Waals surface area contributed by atoms with Crippen molar-refractivity contribution < 1.29 is 0 Å². The minimum absolute atomic E-state index is 0.0405. The van der Waals surface area contributed by atoms with Crippen LogP contribution in [-0.4, -0.2) is 11.8 Å². The summed E-state index contributed by atoms with van der Waals surface area (Å²) in [5.41, 5.74) is 7.14. The summed E-state index contributed by atoms with van der Waals surface area (Å²) in [5.74, 6) is 0.551. The number of nitrogens with two attached hydrogens (primary N) is 1. The molecular weight excluding hydrogens is 148 g/mol. The lowest BCUT2D eigenvalue weighted by Gasteiger charge is -2.33. The first-order valence-corrected chi connectivity index (χ1v) is 4.76. The lowest BCUT2D eigenvalue weighted by molar-refractivity contribution is 0.188. The van der Waals surface area contributed by atoms with Gasteiger partial charge in [0, 0.05) is 17.2 Å². The van der Waals surface area contributed by atoms with Crippen molar-refractivity contribution in [1.82, 2.24) is 0 Å². The maximum Gasteiger partial charge on any atom is 0.0463 e. The first-order chi connectivity index (χ1) is 5.41. The number of hydrogen-bond donors (Lipinski definition) is 2. The molecule has 2 aliphatic carbocycles. The van der Waals surface area contributed by atoms with Crippen LogP contribution in [0.1, 0.15) is 33.6 Å². The number of rotatable bonds is 0. The summed E-state index contributed by atoms with van der Waals surface area (Å²) >= 11 is 0. The molecule has 0 aliphatic heterocycles. The van der Waals surface area contributed by atoms with Gasteiger partial charge in [-0.3, -0.25) is 0 Å². The van der Waals surface area contributed by atoms with E-state index in [1.54, 1.807) is 0 Å². The molecule has 0 aromatic carbocycles. The highest BCUT2D eigenvalue weighted by Crippen LogP contribution is 2.63. The SMILES string of the molecule is CC12CCC(C(N)C1=N)C2(C)C. The molecule has 2 aliphatic rings. The van der Waals surface area contributed by atoms with Crippen LogP contribution < -0.4 is 5.73 Å². The van der Waals surface area contributed by atoms with E-state index in [0.29, 0.717) is 5.92 Å². The van der Waals surface area contributed by atoms with E-state index >= 15 is 0 Å². The molecule has 0 radical (unpaired) electrons. The zero-order valence-electron chi connectivity index (χ0n) is 8.15. The molecule has 2 rings (SSSR count). The molecule has 2 nitrogen and oxygen atoms in total. The van der Waals surface area contributed by atoms with Crippen molar-refractivity contribution in [2.45, 2.75) is 39.7 Å². The minimum atomic E-state index is 0.0405. The molecule has 0 amide bonds. The highest BCUT2D eigenvalue weighted by Gasteiger charge is 2.62. The predicted molar refractivity (Wildman–Crippen MR) is 50.3 cm³/mol. The van der Waals surface area contributed by atoms with Crippen molar-refractivity contribution in [2.75, 3.05) is 0 Å². The molecule has 3 atom stereocenters. The van der Waals surface area contributed by atoms with E-state index < -0.39 is 0 Å². The van der Waals surface area contributed by atoms with Gasteiger partial charge < -0.3 is 11.1 Å². The van der Waals surface area contributed by atoms with E-state index in [0.717, 1.165) is 12.1 Å². The molecule has 0 heterocycles. The van der Waals surface area contributed by atoms with Crippen molar-refractivity contribution in [3.8, 4) is 0 Å². The summed E-state index contributed by atoms with van der Waals surface area (Å²) in [4.78, 5) is 0. The van der Waals surface area contributed by atoms with Gasteiger partial charge in [-0.1, -0.05) is 20.8 Å². The third kappa shape index (κ3) is 0.598. The second kappa shape index (κ2) is 1.92. The summed E-state index contributed by atoms with van der Waals surface area (Å²) in [5, 5.41) is 7.97. The van der Waals surface area contributed by atoms with Gasteiger partial charge in [-0.05, 0) is 24.2 Å². The second-order valence-corrected chi connectivity index (χ2v) is 5.14. The average Bonchev–Trinajstić information content (AvgIpc) is 2.26. The van der Waals surface area contributed by atoms with E-state index in [1.165, 1.54) is 6.42 Å². The highest BCUT2D eigenvalue weighted by atomic mass is 14.8. The van der Waals surface area contributed by atoms with Crippen LogP contribution in [0.5, 0.6) is 0 Å². The molecule has 12 heavy (non-hydrogen) atoms. The van der Waals surface area contributed by atoms with E-state index in [-0.39, 0.29) is 16.9 Å². The number of hydrogen-bond acceptors (Lipinski definition) is 2. The quantitative estimate of drug-likeness (QED) is 0.566. The Kier molecular flexibility index (Phi) is 1.32. The van der Waals surface area contributed by atoms with Crippen LogP contribution in [0, 0.1) is 22.2 Å². The van der Waals surface area contributed by atoms with E-state index in [9.17, 15) is 0 Å². The lowest BCUT2D eigenvalue weighted by Crippen LogP contribution is -2.39. The maximum absolute atomic E-state index is 7.97. The zero-order chi connectivity index (χ0) is 9.15. The van der Waals surface area contributed by atoms with E-state index in [4.69, 9.17) is 11.1 Å². The van der Waals surface area contributed by atoms with Gasteiger partial charge in [0.2, 0.25) is 0 Å². The van der Waals surface area contributed by atoms with Crippen LogP contribution in [0.4, 0.5) is 0 Å². The average molecular weight is 166 g/mol. The van der Waals surface area contributed by atoms with Crippen LogP contribution in [0.3, 0.4) is 0 Å². The molecule has 3 unspecified atom stereocenters. The van der Waals surface area contributed by atoms with Gasteiger partial charge in [-0.15, -0.1) is 0 Å². The van der Waals surface area contributed by atoms with Gasteiger partial charge in [0.05, 0.1) is 0 Å².